The van der Waals surface area contributed by atoms with Crippen LogP contribution in [0.3, 0.4) is 0 Å². The summed E-state index contributed by atoms with van der Waals surface area (Å²) in [5.74, 6) is 0.627. The first-order valence-electron chi connectivity index (χ1n) is 8.16. The summed E-state index contributed by atoms with van der Waals surface area (Å²) < 4.78 is 0. The minimum atomic E-state index is -0.394. The van der Waals surface area contributed by atoms with Gasteiger partial charge in [0.05, 0.1) is 11.9 Å². The third kappa shape index (κ3) is 3.96. The van der Waals surface area contributed by atoms with Crippen molar-refractivity contribution in [1.82, 2.24) is 20.8 Å². The van der Waals surface area contributed by atoms with E-state index in [9.17, 15) is 9.59 Å². The van der Waals surface area contributed by atoms with Gasteiger partial charge in [-0.05, 0) is 25.2 Å². The lowest BCUT2D eigenvalue weighted by molar-refractivity contribution is 0.236. The molecule has 1 aromatic heterocycles. The van der Waals surface area contributed by atoms with Crippen molar-refractivity contribution in [3.05, 3.63) is 21.6 Å². The summed E-state index contributed by atoms with van der Waals surface area (Å²) >= 11 is 6.02. The van der Waals surface area contributed by atoms with Crippen molar-refractivity contribution in [2.24, 2.45) is 5.92 Å². The van der Waals surface area contributed by atoms with Gasteiger partial charge in [-0.25, -0.2) is 9.89 Å². The van der Waals surface area contributed by atoms with Crippen molar-refractivity contribution in [3.8, 4) is 0 Å². The molecule has 1 aliphatic heterocycles. The SMILES string of the molecule is O=C(NCC1CCCC1)NC1CCN(c2cn[nH]c(=O)c2Cl)C1. The minimum absolute atomic E-state index is 0.0499. The number of hydrogen-bond donors (Lipinski definition) is 3. The van der Waals surface area contributed by atoms with E-state index in [1.54, 1.807) is 6.20 Å². The molecule has 1 aliphatic carbocycles. The molecule has 2 amide bonds. The predicted octanol–water partition coefficient (Wildman–Crippen LogP) is 1.49. The fourth-order valence-corrected chi connectivity index (χ4v) is 3.59. The molecule has 8 heteroatoms. The number of anilines is 1. The molecule has 0 radical (unpaired) electrons. The third-order valence-electron chi connectivity index (χ3n) is 4.67. The zero-order valence-corrected chi connectivity index (χ0v) is 13.7. The van der Waals surface area contributed by atoms with Gasteiger partial charge < -0.3 is 15.5 Å². The van der Waals surface area contributed by atoms with Gasteiger partial charge in [-0.15, -0.1) is 0 Å². The normalized spacial score (nSPS) is 21.6. The van der Waals surface area contributed by atoms with Crippen LogP contribution in [0, 0.1) is 5.92 Å². The highest BCUT2D eigenvalue weighted by Gasteiger charge is 2.26. The lowest BCUT2D eigenvalue weighted by Gasteiger charge is -2.19. The summed E-state index contributed by atoms with van der Waals surface area (Å²) in [6, 6.07) is -0.0622. The molecule has 126 valence electrons. The average Bonchev–Trinajstić information content (AvgIpc) is 3.19. The molecule has 0 aromatic carbocycles. The molecule has 3 N–H and O–H groups in total. The van der Waals surface area contributed by atoms with Crippen LogP contribution in [0.5, 0.6) is 0 Å². The Morgan fingerprint density at radius 2 is 2.17 bits per heavy atom. The quantitative estimate of drug-likeness (QED) is 0.775. The summed E-state index contributed by atoms with van der Waals surface area (Å²) in [4.78, 5) is 25.5. The molecule has 0 bridgehead atoms. The van der Waals surface area contributed by atoms with Gasteiger partial charge in [0.25, 0.3) is 5.56 Å². The monoisotopic (exact) mass is 339 g/mol. The van der Waals surface area contributed by atoms with Gasteiger partial charge >= 0.3 is 6.03 Å². The van der Waals surface area contributed by atoms with Crippen molar-refractivity contribution < 1.29 is 4.79 Å². The first-order valence-corrected chi connectivity index (χ1v) is 8.54. The molecule has 1 atom stereocenters. The molecular weight excluding hydrogens is 318 g/mol. The van der Waals surface area contributed by atoms with Crippen molar-refractivity contribution >= 4 is 23.3 Å². The summed E-state index contributed by atoms with van der Waals surface area (Å²) in [6.45, 7) is 2.12. The van der Waals surface area contributed by atoms with Crippen molar-refractivity contribution in [3.63, 3.8) is 0 Å². The van der Waals surface area contributed by atoms with Gasteiger partial charge in [0.1, 0.15) is 5.02 Å². The smallest absolute Gasteiger partial charge is 0.315 e. The standard InChI is InChI=1S/C15H22ClN5O2/c16-13-12(8-18-20-14(13)22)21-6-5-11(9-21)19-15(23)17-7-10-3-1-2-4-10/h8,10-11H,1-7,9H2,(H,20,22)(H2,17,19,23). The molecule has 1 unspecified atom stereocenters. The Morgan fingerprint density at radius 3 is 2.96 bits per heavy atom. The Kier molecular flexibility index (Phi) is 5.05. The van der Waals surface area contributed by atoms with Crippen LogP contribution in [-0.2, 0) is 0 Å². The van der Waals surface area contributed by atoms with Gasteiger partial charge in [0, 0.05) is 25.7 Å². The van der Waals surface area contributed by atoms with E-state index >= 15 is 0 Å². The molecule has 7 nitrogen and oxygen atoms in total. The second kappa shape index (κ2) is 7.21. The first kappa shape index (κ1) is 16.1. The van der Waals surface area contributed by atoms with E-state index < -0.39 is 5.56 Å². The lowest BCUT2D eigenvalue weighted by atomic mass is 10.1. The zero-order valence-electron chi connectivity index (χ0n) is 13.0. The van der Waals surface area contributed by atoms with Crippen LogP contribution < -0.4 is 21.1 Å². The molecule has 1 saturated heterocycles. The van der Waals surface area contributed by atoms with Crippen LogP contribution in [-0.4, -0.2) is 41.9 Å². The molecular formula is C15H22ClN5O2. The Morgan fingerprint density at radius 1 is 1.39 bits per heavy atom. The highest BCUT2D eigenvalue weighted by Crippen LogP contribution is 2.25. The largest absolute Gasteiger partial charge is 0.367 e. The van der Waals surface area contributed by atoms with E-state index in [4.69, 9.17) is 11.6 Å². The summed E-state index contributed by atoms with van der Waals surface area (Å²) in [5, 5.41) is 12.2. The van der Waals surface area contributed by atoms with Gasteiger partial charge in [0.15, 0.2) is 0 Å². The van der Waals surface area contributed by atoms with E-state index in [0.29, 0.717) is 18.2 Å². The number of nitrogens with one attached hydrogen (secondary N) is 3. The number of urea groups is 1. The van der Waals surface area contributed by atoms with Gasteiger partial charge in [-0.3, -0.25) is 4.79 Å². The maximum atomic E-state index is 12.0. The Labute approximate surface area is 139 Å². The summed E-state index contributed by atoms with van der Waals surface area (Å²) in [6.07, 6.45) is 7.34. The van der Waals surface area contributed by atoms with Crippen LogP contribution >= 0.6 is 11.6 Å². The second-order valence-electron chi connectivity index (χ2n) is 6.33. The average molecular weight is 340 g/mol. The Hall–Kier alpha value is -1.76. The number of aromatic nitrogens is 2. The number of carbonyl (C=O) groups is 1. The number of rotatable bonds is 4. The van der Waals surface area contributed by atoms with E-state index in [0.717, 1.165) is 19.5 Å². The second-order valence-corrected chi connectivity index (χ2v) is 6.71. The number of nitrogens with zero attached hydrogens (tertiary/aromatic N) is 2. The molecule has 2 heterocycles. The van der Waals surface area contributed by atoms with Crippen LogP contribution in [0.4, 0.5) is 10.5 Å². The number of aromatic amines is 1. The third-order valence-corrected chi connectivity index (χ3v) is 5.03. The summed E-state index contributed by atoms with van der Waals surface area (Å²) in [5.41, 5.74) is 0.223. The maximum absolute atomic E-state index is 12.0. The Bertz CT molecular complexity index is 614. The van der Waals surface area contributed by atoms with Crippen molar-refractivity contribution in [2.45, 2.75) is 38.1 Å². The van der Waals surface area contributed by atoms with Crippen LogP contribution in [0.25, 0.3) is 0 Å². The van der Waals surface area contributed by atoms with Gasteiger partial charge in [-0.1, -0.05) is 24.4 Å². The minimum Gasteiger partial charge on any atom is -0.367 e. The fourth-order valence-electron chi connectivity index (χ4n) is 3.38. The lowest BCUT2D eigenvalue weighted by Crippen LogP contribution is -2.44. The summed E-state index contributed by atoms with van der Waals surface area (Å²) in [7, 11) is 0. The highest BCUT2D eigenvalue weighted by molar-refractivity contribution is 6.33. The van der Waals surface area contributed by atoms with Crippen LogP contribution in [0.15, 0.2) is 11.0 Å². The maximum Gasteiger partial charge on any atom is 0.315 e. The molecule has 23 heavy (non-hydrogen) atoms. The number of carbonyl (C=O) groups excluding carboxylic acids is 1. The molecule has 1 saturated carbocycles. The van der Waals surface area contributed by atoms with E-state index in [1.165, 1.54) is 25.7 Å². The van der Waals surface area contributed by atoms with E-state index in [1.807, 2.05) is 4.90 Å². The number of amides is 2. The first-order chi connectivity index (χ1) is 11.1. The number of halogens is 1. The topological polar surface area (TPSA) is 90.1 Å². The van der Waals surface area contributed by atoms with Crippen molar-refractivity contribution in [1.29, 1.82) is 0 Å². The zero-order chi connectivity index (χ0) is 16.2. The van der Waals surface area contributed by atoms with Gasteiger partial charge in [0.2, 0.25) is 0 Å². The van der Waals surface area contributed by atoms with E-state index in [2.05, 4.69) is 20.8 Å². The molecule has 0 spiro atoms. The fraction of sp³-hybridized carbons (Fsp3) is 0.667. The predicted molar refractivity (Wildman–Crippen MR) is 89.0 cm³/mol. The molecule has 1 aromatic rings. The number of hydrogen-bond acceptors (Lipinski definition) is 4. The van der Waals surface area contributed by atoms with Crippen LogP contribution in [0.2, 0.25) is 5.02 Å². The van der Waals surface area contributed by atoms with E-state index in [-0.39, 0.29) is 17.1 Å². The molecule has 3 rings (SSSR count). The number of H-pyrrole nitrogens is 1. The highest BCUT2D eigenvalue weighted by atomic mass is 35.5. The Balaban J connectivity index is 1.48. The van der Waals surface area contributed by atoms with Crippen LogP contribution in [0.1, 0.15) is 32.1 Å². The molecule has 2 aliphatic rings. The van der Waals surface area contributed by atoms with Gasteiger partial charge in [-0.2, -0.15) is 5.10 Å². The van der Waals surface area contributed by atoms with Crippen molar-refractivity contribution in [2.75, 3.05) is 24.5 Å². The molecule has 2 fully saturated rings.